The second kappa shape index (κ2) is 7.24. The van der Waals surface area contributed by atoms with Crippen molar-refractivity contribution in [2.24, 2.45) is 0 Å². The van der Waals surface area contributed by atoms with E-state index < -0.39 is 28.7 Å². The number of hydrogen-bond acceptors (Lipinski definition) is 4. The van der Waals surface area contributed by atoms with Crippen LogP contribution in [-0.4, -0.2) is 16.9 Å². The largest absolute Gasteiger partial charge is 0.327 e. The van der Waals surface area contributed by atoms with Gasteiger partial charge >= 0.3 is 6.03 Å². The van der Waals surface area contributed by atoms with Crippen LogP contribution in [0.4, 0.5) is 20.6 Å². The summed E-state index contributed by atoms with van der Waals surface area (Å²) in [5.74, 6) is -1.12. The summed E-state index contributed by atoms with van der Waals surface area (Å²) in [6.07, 6.45) is 0. The SMILES string of the molecule is CC1=C(C(=O)Nc2ccc([N+](=O)[O-])cc2)[C@H](c2ccccc2F)NC(=O)N1. The van der Waals surface area contributed by atoms with Gasteiger partial charge in [0.2, 0.25) is 0 Å². The molecule has 3 N–H and O–H groups in total. The Morgan fingerprint density at radius 1 is 1.19 bits per heavy atom. The van der Waals surface area contributed by atoms with Crippen LogP contribution in [0.5, 0.6) is 0 Å². The maximum Gasteiger partial charge on any atom is 0.319 e. The van der Waals surface area contributed by atoms with Crippen LogP contribution in [0.2, 0.25) is 0 Å². The molecule has 0 spiro atoms. The quantitative estimate of drug-likeness (QED) is 0.567. The number of nitro benzene ring substituents is 1. The number of nitro groups is 1. The van der Waals surface area contributed by atoms with Crippen LogP contribution in [-0.2, 0) is 4.79 Å². The number of carbonyl (C=O) groups is 2. The molecule has 0 radical (unpaired) electrons. The molecule has 1 heterocycles. The monoisotopic (exact) mass is 370 g/mol. The Labute approximate surface area is 153 Å². The lowest BCUT2D eigenvalue weighted by Crippen LogP contribution is -2.46. The van der Waals surface area contributed by atoms with E-state index in [1.807, 2.05) is 0 Å². The number of carbonyl (C=O) groups excluding carboxylic acids is 2. The smallest absolute Gasteiger partial charge is 0.319 e. The fraction of sp³-hybridized carbons (Fsp3) is 0.111. The van der Waals surface area contributed by atoms with Crippen LogP contribution in [0.25, 0.3) is 0 Å². The second-order valence-electron chi connectivity index (χ2n) is 5.85. The number of anilines is 1. The molecule has 0 saturated carbocycles. The van der Waals surface area contributed by atoms with Gasteiger partial charge in [0.1, 0.15) is 5.82 Å². The average Bonchev–Trinajstić information content (AvgIpc) is 2.61. The number of urea groups is 1. The van der Waals surface area contributed by atoms with Crippen LogP contribution < -0.4 is 16.0 Å². The molecule has 0 bridgehead atoms. The maximum atomic E-state index is 14.2. The zero-order valence-electron chi connectivity index (χ0n) is 14.2. The van der Waals surface area contributed by atoms with E-state index in [9.17, 15) is 24.1 Å². The molecular formula is C18H15FN4O4. The Morgan fingerprint density at radius 2 is 1.85 bits per heavy atom. The Kier molecular flexibility index (Phi) is 4.84. The highest BCUT2D eigenvalue weighted by Crippen LogP contribution is 2.29. The van der Waals surface area contributed by atoms with E-state index in [0.717, 1.165) is 0 Å². The Balaban J connectivity index is 1.92. The highest BCUT2D eigenvalue weighted by atomic mass is 19.1. The van der Waals surface area contributed by atoms with E-state index in [0.29, 0.717) is 5.69 Å². The maximum absolute atomic E-state index is 14.2. The molecule has 3 rings (SSSR count). The Bertz CT molecular complexity index is 956. The van der Waals surface area contributed by atoms with Crippen LogP contribution in [0, 0.1) is 15.9 Å². The molecule has 138 valence electrons. The molecule has 8 nitrogen and oxygen atoms in total. The zero-order chi connectivity index (χ0) is 19.6. The van der Waals surface area contributed by atoms with Gasteiger partial charge in [-0.05, 0) is 25.1 Å². The molecule has 0 fully saturated rings. The number of non-ortho nitro benzene ring substituents is 1. The van der Waals surface area contributed by atoms with Crippen LogP contribution in [0.15, 0.2) is 59.8 Å². The lowest BCUT2D eigenvalue weighted by Gasteiger charge is -2.28. The molecule has 0 saturated heterocycles. The van der Waals surface area contributed by atoms with Crippen LogP contribution in [0.3, 0.4) is 0 Å². The van der Waals surface area contributed by atoms with Crippen molar-refractivity contribution in [2.75, 3.05) is 5.32 Å². The lowest BCUT2D eigenvalue weighted by molar-refractivity contribution is -0.384. The first-order valence-corrected chi connectivity index (χ1v) is 7.95. The Hall–Kier alpha value is -3.75. The van der Waals surface area contributed by atoms with Gasteiger partial charge in [-0.15, -0.1) is 0 Å². The van der Waals surface area contributed by atoms with Gasteiger partial charge in [-0.3, -0.25) is 14.9 Å². The van der Waals surface area contributed by atoms with Crippen LogP contribution >= 0.6 is 0 Å². The molecule has 27 heavy (non-hydrogen) atoms. The minimum atomic E-state index is -0.974. The van der Waals surface area contributed by atoms with Gasteiger partial charge in [0, 0.05) is 29.1 Å². The van der Waals surface area contributed by atoms with Crippen molar-refractivity contribution in [1.82, 2.24) is 10.6 Å². The van der Waals surface area contributed by atoms with E-state index >= 15 is 0 Å². The number of nitrogens with zero attached hydrogens (tertiary/aromatic N) is 1. The van der Waals surface area contributed by atoms with E-state index in [2.05, 4.69) is 16.0 Å². The van der Waals surface area contributed by atoms with Crippen LogP contribution in [0.1, 0.15) is 18.5 Å². The number of hydrogen-bond donors (Lipinski definition) is 3. The van der Waals surface area contributed by atoms with E-state index in [-0.39, 0.29) is 22.5 Å². The molecule has 1 aliphatic rings. The summed E-state index contributed by atoms with van der Waals surface area (Å²) in [6, 6.07) is 9.60. The minimum absolute atomic E-state index is 0.112. The van der Waals surface area contributed by atoms with E-state index in [4.69, 9.17) is 0 Å². The van der Waals surface area contributed by atoms with Crippen molar-refractivity contribution in [2.45, 2.75) is 13.0 Å². The summed E-state index contributed by atoms with van der Waals surface area (Å²) in [7, 11) is 0. The first kappa shape index (κ1) is 18.1. The summed E-state index contributed by atoms with van der Waals surface area (Å²) in [5, 5.41) is 18.4. The molecule has 9 heteroatoms. The summed E-state index contributed by atoms with van der Waals surface area (Å²) in [4.78, 5) is 34.8. The molecule has 3 amide bonds. The lowest BCUT2D eigenvalue weighted by atomic mass is 9.94. The molecule has 1 aliphatic heterocycles. The van der Waals surface area contributed by atoms with Gasteiger partial charge < -0.3 is 16.0 Å². The van der Waals surface area contributed by atoms with Gasteiger partial charge in [-0.1, -0.05) is 18.2 Å². The predicted octanol–water partition coefficient (Wildman–Crippen LogP) is 3.00. The number of halogens is 1. The number of allylic oxidation sites excluding steroid dienone is 1. The summed E-state index contributed by atoms with van der Waals surface area (Å²) >= 11 is 0. The van der Waals surface area contributed by atoms with Crippen molar-refractivity contribution in [3.05, 3.63) is 81.3 Å². The third-order valence-electron chi connectivity index (χ3n) is 4.07. The number of benzene rings is 2. The van der Waals surface area contributed by atoms with Crippen molar-refractivity contribution in [3.8, 4) is 0 Å². The molecular weight excluding hydrogens is 355 g/mol. The van der Waals surface area contributed by atoms with Gasteiger partial charge in [0.25, 0.3) is 11.6 Å². The van der Waals surface area contributed by atoms with Crippen molar-refractivity contribution in [1.29, 1.82) is 0 Å². The number of rotatable bonds is 4. The molecule has 2 aromatic rings. The van der Waals surface area contributed by atoms with Crippen molar-refractivity contribution < 1.29 is 18.9 Å². The van der Waals surface area contributed by atoms with E-state index in [1.54, 1.807) is 6.07 Å². The minimum Gasteiger partial charge on any atom is -0.327 e. The average molecular weight is 370 g/mol. The second-order valence-corrected chi connectivity index (χ2v) is 5.85. The van der Waals surface area contributed by atoms with Crippen molar-refractivity contribution in [3.63, 3.8) is 0 Å². The van der Waals surface area contributed by atoms with Crippen molar-refractivity contribution >= 4 is 23.3 Å². The fourth-order valence-electron chi connectivity index (χ4n) is 2.80. The normalized spacial score (nSPS) is 16.4. The fourth-order valence-corrected chi connectivity index (χ4v) is 2.80. The molecule has 0 aromatic heterocycles. The first-order chi connectivity index (χ1) is 12.9. The highest BCUT2D eigenvalue weighted by molar-refractivity contribution is 6.06. The summed E-state index contributed by atoms with van der Waals surface area (Å²) in [5.41, 5.74) is 0.791. The zero-order valence-corrected chi connectivity index (χ0v) is 14.2. The standard InChI is InChI=1S/C18H15FN4O4/c1-10-15(17(24)21-11-6-8-12(9-7-11)23(26)27)16(22-18(25)20-10)13-4-2-3-5-14(13)19/h2-9,16H,1H3,(H,21,24)(H2,20,22,25)/t16-/m0/s1. The third-order valence-corrected chi connectivity index (χ3v) is 4.07. The highest BCUT2D eigenvalue weighted by Gasteiger charge is 2.32. The summed E-state index contributed by atoms with van der Waals surface area (Å²) < 4.78 is 14.2. The predicted molar refractivity (Wildman–Crippen MR) is 95.2 cm³/mol. The molecule has 0 aliphatic carbocycles. The Morgan fingerprint density at radius 3 is 2.48 bits per heavy atom. The number of nitrogens with one attached hydrogen (secondary N) is 3. The third kappa shape index (κ3) is 3.76. The van der Waals surface area contributed by atoms with Gasteiger partial charge in [0.05, 0.1) is 16.5 Å². The molecule has 2 aromatic carbocycles. The van der Waals surface area contributed by atoms with Gasteiger partial charge in [-0.2, -0.15) is 0 Å². The van der Waals surface area contributed by atoms with Gasteiger partial charge in [0.15, 0.2) is 0 Å². The summed E-state index contributed by atoms with van der Waals surface area (Å²) in [6.45, 7) is 1.54. The van der Waals surface area contributed by atoms with Gasteiger partial charge in [-0.25, -0.2) is 9.18 Å². The molecule has 0 unspecified atom stereocenters. The molecule has 1 atom stereocenters. The first-order valence-electron chi connectivity index (χ1n) is 7.95. The van der Waals surface area contributed by atoms with E-state index in [1.165, 1.54) is 49.4 Å². The topological polar surface area (TPSA) is 113 Å². The number of amides is 3.